The quantitative estimate of drug-likeness (QED) is 0.511. The molecule has 1 aromatic rings. The monoisotopic (exact) mass is 178 g/mol. The lowest BCUT2D eigenvalue weighted by Crippen LogP contribution is -2.14. The second-order valence-corrected chi connectivity index (χ2v) is 2.31. The van der Waals surface area contributed by atoms with Crippen LogP contribution in [0.3, 0.4) is 0 Å². The Balaban J connectivity index is 0.000000424. The van der Waals surface area contributed by atoms with Gasteiger partial charge in [-0.25, -0.2) is 4.98 Å². The molecule has 1 heterocycles. The lowest BCUT2D eigenvalue weighted by molar-refractivity contribution is -0.107. The number of hydrogen-bond acceptors (Lipinski definition) is 2. The minimum Gasteiger partial charge on any atom is -0.303 e. The number of rotatable bonds is 2. The molecular weight excluding hydrogens is 164 g/mol. The van der Waals surface area contributed by atoms with Crippen molar-refractivity contribution in [3.05, 3.63) is 37.1 Å². The van der Waals surface area contributed by atoms with Gasteiger partial charge in [-0.05, 0) is 19.1 Å². The van der Waals surface area contributed by atoms with Gasteiger partial charge >= 0.3 is 0 Å². The lowest BCUT2D eigenvalue weighted by Gasteiger charge is -2.06. The van der Waals surface area contributed by atoms with E-state index in [0.717, 1.165) is 6.41 Å². The average molecular weight is 178 g/mol. The molecular formula is C10H14N2O. The summed E-state index contributed by atoms with van der Waals surface area (Å²) in [6, 6.07) is 5.42. The highest BCUT2D eigenvalue weighted by atomic mass is 16.1. The van der Waals surface area contributed by atoms with Gasteiger partial charge in [0.15, 0.2) is 0 Å². The predicted molar refractivity (Wildman–Crippen MR) is 54.6 cm³/mol. The molecule has 0 spiro atoms. The van der Waals surface area contributed by atoms with Gasteiger partial charge in [0.25, 0.3) is 0 Å². The molecule has 0 unspecified atom stereocenters. The van der Waals surface area contributed by atoms with Crippen molar-refractivity contribution in [3.63, 3.8) is 0 Å². The zero-order valence-corrected chi connectivity index (χ0v) is 7.97. The first-order chi connectivity index (χ1) is 6.26. The molecule has 13 heavy (non-hydrogen) atoms. The molecule has 0 fully saturated rings. The van der Waals surface area contributed by atoms with Crippen LogP contribution in [0.2, 0.25) is 0 Å². The maximum absolute atomic E-state index is 10.2. The van der Waals surface area contributed by atoms with Crippen LogP contribution < -0.4 is 4.90 Å². The van der Waals surface area contributed by atoms with Crippen molar-refractivity contribution in [1.82, 2.24) is 4.98 Å². The third-order valence-electron chi connectivity index (χ3n) is 1.17. The molecule has 0 aliphatic heterocycles. The number of hydrogen-bond donors (Lipinski definition) is 0. The Morgan fingerprint density at radius 2 is 2.15 bits per heavy atom. The minimum atomic E-state index is 0.664. The molecule has 1 amide bonds. The topological polar surface area (TPSA) is 33.2 Å². The highest BCUT2D eigenvalue weighted by molar-refractivity contribution is 5.71. The number of aromatic nitrogens is 1. The molecule has 0 saturated carbocycles. The molecule has 0 radical (unpaired) electrons. The lowest BCUT2D eigenvalue weighted by atomic mass is 10.4. The molecule has 1 rings (SSSR count). The third kappa shape index (κ3) is 4.74. The summed E-state index contributed by atoms with van der Waals surface area (Å²) >= 11 is 0. The van der Waals surface area contributed by atoms with Crippen molar-refractivity contribution in [1.29, 1.82) is 0 Å². The Morgan fingerprint density at radius 1 is 1.54 bits per heavy atom. The Labute approximate surface area is 78.7 Å². The third-order valence-corrected chi connectivity index (χ3v) is 1.17. The van der Waals surface area contributed by atoms with E-state index in [1.807, 2.05) is 19.1 Å². The first-order valence-electron chi connectivity index (χ1n) is 3.92. The van der Waals surface area contributed by atoms with Crippen LogP contribution in [0.1, 0.15) is 6.92 Å². The molecule has 0 saturated heterocycles. The van der Waals surface area contributed by atoms with Crippen LogP contribution in [0, 0.1) is 0 Å². The van der Waals surface area contributed by atoms with Gasteiger partial charge in [0.1, 0.15) is 5.82 Å². The first-order valence-corrected chi connectivity index (χ1v) is 3.92. The number of nitrogens with zero attached hydrogens (tertiary/aromatic N) is 2. The minimum absolute atomic E-state index is 0.664. The number of anilines is 1. The summed E-state index contributed by atoms with van der Waals surface area (Å²) in [5.74, 6) is 0.664. The molecule has 0 bridgehead atoms. The molecule has 0 atom stereocenters. The van der Waals surface area contributed by atoms with E-state index < -0.39 is 0 Å². The van der Waals surface area contributed by atoms with Crippen molar-refractivity contribution in [2.75, 3.05) is 11.9 Å². The smallest absolute Gasteiger partial charge is 0.215 e. The standard InChI is InChI=1S/C7H8N2O.C3H6/c1-9(6-10)7-4-2-3-5-8-7;1-3-2/h2-6H,1H3;3H,1H2,2H3. The van der Waals surface area contributed by atoms with Crippen LogP contribution >= 0.6 is 0 Å². The van der Waals surface area contributed by atoms with Crippen LogP contribution in [0.15, 0.2) is 37.1 Å². The van der Waals surface area contributed by atoms with Gasteiger partial charge in [0, 0.05) is 13.2 Å². The number of carbonyl (C=O) groups excluding carboxylic acids is 1. The SMILES string of the molecule is C=CC.CN(C=O)c1ccccn1. The normalized spacial score (nSPS) is 7.85. The van der Waals surface area contributed by atoms with E-state index in [0.29, 0.717) is 5.82 Å². The Hall–Kier alpha value is -1.64. The molecule has 0 aliphatic carbocycles. The largest absolute Gasteiger partial charge is 0.303 e. The Bertz CT molecular complexity index is 246. The van der Waals surface area contributed by atoms with Gasteiger partial charge < -0.3 is 4.90 Å². The van der Waals surface area contributed by atoms with Crippen LogP contribution in [0.5, 0.6) is 0 Å². The van der Waals surface area contributed by atoms with Crippen LogP contribution in [-0.2, 0) is 4.79 Å². The van der Waals surface area contributed by atoms with E-state index >= 15 is 0 Å². The Kier molecular flexibility index (Phi) is 6.15. The first kappa shape index (κ1) is 11.4. The average Bonchev–Trinajstić information content (AvgIpc) is 2.19. The summed E-state index contributed by atoms with van der Waals surface area (Å²) in [5.41, 5.74) is 0. The summed E-state index contributed by atoms with van der Waals surface area (Å²) in [4.78, 5) is 15.6. The number of carbonyl (C=O) groups is 1. The second-order valence-electron chi connectivity index (χ2n) is 2.31. The van der Waals surface area contributed by atoms with Crippen molar-refractivity contribution in [2.24, 2.45) is 0 Å². The van der Waals surface area contributed by atoms with E-state index in [-0.39, 0.29) is 0 Å². The molecule has 3 heteroatoms. The number of allylic oxidation sites excluding steroid dienone is 1. The maximum atomic E-state index is 10.2. The maximum Gasteiger partial charge on any atom is 0.215 e. The second kappa shape index (κ2) is 7.03. The van der Waals surface area contributed by atoms with E-state index in [9.17, 15) is 4.79 Å². The van der Waals surface area contributed by atoms with Crippen molar-refractivity contribution in [3.8, 4) is 0 Å². The van der Waals surface area contributed by atoms with Crippen LogP contribution in [0.25, 0.3) is 0 Å². The summed E-state index contributed by atoms with van der Waals surface area (Å²) in [6.45, 7) is 5.25. The summed E-state index contributed by atoms with van der Waals surface area (Å²) in [5, 5.41) is 0. The molecule has 0 aliphatic rings. The fraction of sp³-hybridized carbons (Fsp3) is 0.200. The summed E-state index contributed by atoms with van der Waals surface area (Å²) < 4.78 is 0. The highest BCUT2D eigenvalue weighted by Gasteiger charge is 1.95. The van der Waals surface area contributed by atoms with E-state index in [2.05, 4.69) is 11.6 Å². The predicted octanol–water partition coefficient (Wildman–Crippen LogP) is 1.87. The fourth-order valence-corrected chi connectivity index (χ4v) is 0.616. The zero-order valence-electron chi connectivity index (χ0n) is 7.97. The number of pyridine rings is 1. The van der Waals surface area contributed by atoms with Crippen LogP contribution in [-0.4, -0.2) is 18.4 Å². The highest BCUT2D eigenvalue weighted by Crippen LogP contribution is 2.02. The van der Waals surface area contributed by atoms with E-state index in [4.69, 9.17) is 0 Å². The van der Waals surface area contributed by atoms with Gasteiger partial charge in [-0.2, -0.15) is 0 Å². The molecule has 1 aromatic heterocycles. The van der Waals surface area contributed by atoms with Crippen molar-refractivity contribution >= 4 is 12.2 Å². The van der Waals surface area contributed by atoms with Gasteiger partial charge in [0.05, 0.1) is 0 Å². The van der Waals surface area contributed by atoms with Crippen LogP contribution in [0.4, 0.5) is 5.82 Å². The van der Waals surface area contributed by atoms with Gasteiger partial charge in [0.2, 0.25) is 6.41 Å². The summed E-state index contributed by atoms with van der Waals surface area (Å²) in [6.07, 6.45) is 4.12. The van der Waals surface area contributed by atoms with Crippen molar-refractivity contribution < 1.29 is 4.79 Å². The fourth-order valence-electron chi connectivity index (χ4n) is 0.616. The molecule has 0 N–H and O–H groups in total. The molecule has 3 nitrogen and oxygen atoms in total. The van der Waals surface area contributed by atoms with E-state index in [1.54, 1.807) is 25.4 Å². The number of amides is 1. The Morgan fingerprint density at radius 3 is 2.54 bits per heavy atom. The van der Waals surface area contributed by atoms with Gasteiger partial charge in [-0.3, -0.25) is 4.79 Å². The zero-order chi connectivity index (χ0) is 10.1. The van der Waals surface area contributed by atoms with Gasteiger partial charge in [-0.1, -0.05) is 12.1 Å². The molecule has 0 aromatic carbocycles. The molecule has 70 valence electrons. The van der Waals surface area contributed by atoms with Gasteiger partial charge in [-0.15, -0.1) is 6.58 Å². The van der Waals surface area contributed by atoms with Crippen molar-refractivity contribution in [2.45, 2.75) is 6.92 Å². The summed E-state index contributed by atoms with van der Waals surface area (Å²) in [7, 11) is 1.66. The van der Waals surface area contributed by atoms with E-state index in [1.165, 1.54) is 4.90 Å².